The third kappa shape index (κ3) is 4.52. The number of nitrogens with zero attached hydrogens (tertiary/aromatic N) is 1. The fourth-order valence-electron chi connectivity index (χ4n) is 2.63. The Labute approximate surface area is 175 Å². The van der Waals surface area contributed by atoms with Gasteiger partial charge in [-0.25, -0.2) is 4.79 Å². The van der Waals surface area contributed by atoms with Crippen molar-refractivity contribution in [2.24, 2.45) is 0 Å². The molecule has 0 aliphatic carbocycles. The zero-order chi connectivity index (χ0) is 19.6. The summed E-state index contributed by atoms with van der Waals surface area (Å²) in [7, 11) is 0. The third-order valence-corrected chi connectivity index (χ3v) is 5.83. The van der Waals surface area contributed by atoms with E-state index in [1.807, 2.05) is 30.3 Å². The molecule has 8 heteroatoms. The fourth-order valence-corrected chi connectivity index (χ4v) is 4.45. The maximum absolute atomic E-state index is 12.9. The van der Waals surface area contributed by atoms with Crippen molar-refractivity contribution in [3.8, 4) is 0 Å². The highest BCUT2D eigenvalue weighted by Gasteiger charge is 2.40. The molecule has 1 aliphatic heterocycles. The van der Waals surface area contributed by atoms with Gasteiger partial charge in [-0.15, -0.1) is 0 Å². The lowest BCUT2D eigenvalue weighted by Crippen LogP contribution is -2.45. The van der Waals surface area contributed by atoms with E-state index in [1.165, 1.54) is 0 Å². The molecule has 4 nitrogen and oxygen atoms in total. The predicted molar refractivity (Wildman–Crippen MR) is 113 cm³/mol. The first-order valence-electron chi connectivity index (χ1n) is 7.85. The molecule has 1 saturated heterocycles. The van der Waals surface area contributed by atoms with E-state index in [2.05, 4.69) is 0 Å². The first-order valence-corrected chi connectivity index (χ1v) is 9.83. The molecule has 0 bridgehead atoms. The summed E-state index contributed by atoms with van der Waals surface area (Å²) in [4.78, 5) is 26.2. The second-order valence-corrected chi connectivity index (χ2v) is 8.28. The zero-order valence-electron chi connectivity index (χ0n) is 13.8. The van der Waals surface area contributed by atoms with Crippen LogP contribution >= 0.6 is 47.2 Å². The molecule has 1 aliphatic rings. The minimum Gasteiger partial charge on any atom is -0.480 e. The van der Waals surface area contributed by atoms with Gasteiger partial charge in [-0.2, -0.15) is 0 Å². The molecule has 3 rings (SSSR count). The fraction of sp³-hybridized carbons (Fsp3) is 0.105. The number of carboxylic acid groups (broad SMARTS) is 1. The molecule has 1 unspecified atom stereocenters. The van der Waals surface area contributed by atoms with Crippen LogP contribution in [-0.2, 0) is 16.0 Å². The highest BCUT2D eigenvalue weighted by atomic mass is 35.5. The standard InChI is InChI=1S/C19H13Cl2NO3S2/c20-13-7-6-12(14(21)10-13)9-16-17(23)22(19(26)27-16)15(18(24)25)8-11-4-2-1-3-5-11/h1-7,9-10,15H,8H2,(H,24,25)/b16-9-. The molecule has 0 spiro atoms. The highest BCUT2D eigenvalue weighted by molar-refractivity contribution is 8.26. The van der Waals surface area contributed by atoms with E-state index in [0.717, 1.165) is 22.2 Å². The average Bonchev–Trinajstić information content (AvgIpc) is 2.90. The van der Waals surface area contributed by atoms with Gasteiger partial charge in [0.1, 0.15) is 10.4 Å². The summed E-state index contributed by atoms with van der Waals surface area (Å²) < 4.78 is 0.208. The third-order valence-electron chi connectivity index (χ3n) is 3.94. The molecule has 2 aromatic carbocycles. The van der Waals surface area contributed by atoms with E-state index >= 15 is 0 Å². The Morgan fingerprint density at radius 1 is 1.22 bits per heavy atom. The Morgan fingerprint density at radius 3 is 2.56 bits per heavy atom. The maximum Gasteiger partial charge on any atom is 0.327 e. The van der Waals surface area contributed by atoms with Gasteiger partial charge in [0.15, 0.2) is 0 Å². The van der Waals surface area contributed by atoms with Crippen molar-refractivity contribution in [1.29, 1.82) is 0 Å². The highest BCUT2D eigenvalue weighted by Crippen LogP contribution is 2.36. The van der Waals surface area contributed by atoms with Crippen molar-refractivity contribution < 1.29 is 14.7 Å². The van der Waals surface area contributed by atoms with E-state index in [9.17, 15) is 14.7 Å². The number of rotatable bonds is 5. The molecule has 27 heavy (non-hydrogen) atoms. The number of carboxylic acids is 1. The average molecular weight is 438 g/mol. The van der Waals surface area contributed by atoms with E-state index in [1.54, 1.807) is 24.3 Å². The lowest BCUT2D eigenvalue weighted by atomic mass is 10.0. The number of hydrogen-bond donors (Lipinski definition) is 1. The molecule has 2 aromatic rings. The van der Waals surface area contributed by atoms with E-state index in [4.69, 9.17) is 35.4 Å². The molecule has 0 saturated carbocycles. The Hall–Kier alpha value is -1.86. The van der Waals surface area contributed by atoms with Crippen molar-refractivity contribution in [1.82, 2.24) is 4.90 Å². The van der Waals surface area contributed by atoms with Gasteiger partial charge < -0.3 is 5.11 Å². The molecule has 1 N–H and O–H groups in total. The Bertz CT molecular complexity index is 947. The zero-order valence-corrected chi connectivity index (χ0v) is 16.9. The number of carbonyl (C=O) groups excluding carboxylic acids is 1. The second kappa shape index (κ2) is 8.44. The van der Waals surface area contributed by atoms with Crippen LogP contribution in [0.25, 0.3) is 6.08 Å². The largest absolute Gasteiger partial charge is 0.480 e. The number of carbonyl (C=O) groups is 2. The molecule has 1 amide bonds. The van der Waals surface area contributed by atoms with Crippen molar-refractivity contribution in [2.45, 2.75) is 12.5 Å². The van der Waals surface area contributed by atoms with Crippen LogP contribution in [0.4, 0.5) is 0 Å². The molecule has 138 valence electrons. The van der Waals surface area contributed by atoms with Gasteiger partial charge in [0.05, 0.1) is 4.91 Å². The Kier molecular flexibility index (Phi) is 6.22. The summed E-state index contributed by atoms with van der Waals surface area (Å²) in [5, 5.41) is 10.5. The molecule has 0 radical (unpaired) electrons. The minimum atomic E-state index is -1.11. The summed E-state index contributed by atoms with van der Waals surface area (Å²) in [5.41, 5.74) is 1.42. The molecule has 0 aromatic heterocycles. The predicted octanol–water partition coefficient (Wildman–Crippen LogP) is 4.89. The van der Waals surface area contributed by atoms with E-state index in [0.29, 0.717) is 20.5 Å². The molecule has 1 heterocycles. The Balaban J connectivity index is 1.89. The van der Waals surface area contributed by atoms with Crippen LogP contribution < -0.4 is 0 Å². The first-order chi connectivity index (χ1) is 12.9. The van der Waals surface area contributed by atoms with Gasteiger partial charge in [-0.05, 0) is 29.3 Å². The smallest absolute Gasteiger partial charge is 0.327 e. The van der Waals surface area contributed by atoms with E-state index in [-0.39, 0.29) is 10.7 Å². The number of thiocarbonyl (C=S) groups is 1. The normalized spacial score (nSPS) is 16.8. The van der Waals surface area contributed by atoms with Crippen molar-refractivity contribution in [3.05, 3.63) is 74.6 Å². The summed E-state index contributed by atoms with van der Waals surface area (Å²) in [6.45, 7) is 0. The number of aliphatic carboxylic acids is 1. The number of hydrogen-bond acceptors (Lipinski definition) is 4. The lowest BCUT2D eigenvalue weighted by molar-refractivity contribution is -0.145. The summed E-state index contributed by atoms with van der Waals surface area (Å²) in [6, 6.07) is 13.0. The van der Waals surface area contributed by atoms with Crippen molar-refractivity contribution >= 4 is 69.5 Å². The topological polar surface area (TPSA) is 57.6 Å². The van der Waals surface area contributed by atoms with Crippen LogP contribution in [0.1, 0.15) is 11.1 Å². The molecule has 1 atom stereocenters. The number of amides is 1. The molecular formula is C19H13Cl2NO3S2. The lowest BCUT2D eigenvalue weighted by Gasteiger charge is -2.23. The molecule has 1 fully saturated rings. The van der Waals surface area contributed by atoms with Gasteiger partial charge in [0, 0.05) is 16.5 Å². The van der Waals surface area contributed by atoms with Gasteiger partial charge in [-0.1, -0.05) is 83.6 Å². The van der Waals surface area contributed by atoms with Gasteiger partial charge in [0.25, 0.3) is 5.91 Å². The van der Waals surface area contributed by atoms with Crippen LogP contribution in [0.15, 0.2) is 53.4 Å². The number of thioether (sulfide) groups is 1. The molecular weight excluding hydrogens is 425 g/mol. The van der Waals surface area contributed by atoms with Crippen LogP contribution in [0.2, 0.25) is 10.0 Å². The number of benzene rings is 2. The second-order valence-electron chi connectivity index (χ2n) is 5.76. The van der Waals surface area contributed by atoms with Crippen LogP contribution in [-0.4, -0.2) is 32.2 Å². The number of halogens is 2. The summed E-state index contributed by atoms with van der Waals surface area (Å²) in [5.74, 6) is -1.56. The minimum absolute atomic E-state index is 0.164. The first kappa shape index (κ1) is 19.9. The van der Waals surface area contributed by atoms with E-state index < -0.39 is 17.9 Å². The van der Waals surface area contributed by atoms with Crippen LogP contribution in [0.3, 0.4) is 0 Å². The maximum atomic E-state index is 12.9. The van der Waals surface area contributed by atoms with Gasteiger partial charge >= 0.3 is 5.97 Å². The van der Waals surface area contributed by atoms with Gasteiger partial charge in [-0.3, -0.25) is 9.69 Å². The van der Waals surface area contributed by atoms with Crippen molar-refractivity contribution in [2.75, 3.05) is 0 Å². The van der Waals surface area contributed by atoms with Crippen LogP contribution in [0.5, 0.6) is 0 Å². The van der Waals surface area contributed by atoms with Crippen LogP contribution in [0, 0.1) is 0 Å². The quantitative estimate of drug-likeness (QED) is 0.532. The monoisotopic (exact) mass is 437 g/mol. The summed E-state index contributed by atoms with van der Waals surface area (Å²) >= 11 is 18.4. The van der Waals surface area contributed by atoms with Gasteiger partial charge in [0.2, 0.25) is 0 Å². The summed E-state index contributed by atoms with van der Waals surface area (Å²) in [6.07, 6.45) is 1.76. The Morgan fingerprint density at radius 2 is 1.93 bits per heavy atom. The SMILES string of the molecule is O=C(O)C(Cc1ccccc1)N1C(=O)/C(=C/c2ccc(Cl)cc2Cl)SC1=S. The van der Waals surface area contributed by atoms with Crippen molar-refractivity contribution in [3.63, 3.8) is 0 Å².